The van der Waals surface area contributed by atoms with Gasteiger partial charge in [-0.15, -0.1) is 0 Å². The van der Waals surface area contributed by atoms with Crippen LogP contribution in [0.2, 0.25) is 0 Å². The lowest BCUT2D eigenvalue weighted by Gasteiger charge is -2.14. The number of carbonyl (C=O) groups is 1. The fraction of sp³-hybridized carbons (Fsp3) is 0.533. The number of ketones is 1. The second-order valence-electron chi connectivity index (χ2n) is 8.88. The number of rotatable bonds is 18. The Morgan fingerprint density at radius 1 is 0.676 bits per heavy atom. The molecule has 0 aliphatic heterocycles. The smallest absolute Gasteiger partial charge is 0.193 e. The van der Waals surface area contributed by atoms with E-state index in [1.54, 1.807) is 36.4 Å². The minimum atomic E-state index is -0.0802. The molecule has 0 atom stereocenters. The van der Waals surface area contributed by atoms with Crippen LogP contribution in [0.3, 0.4) is 0 Å². The lowest BCUT2D eigenvalue weighted by molar-refractivity contribution is 0.103. The van der Waals surface area contributed by atoms with Crippen molar-refractivity contribution in [2.24, 2.45) is 0 Å². The Kier molecular flexibility index (Phi) is 13.5. The first kappa shape index (κ1) is 27.4. The number of hydrogen-bond acceptors (Lipinski definition) is 3. The van der Waals surface area contributed by atoms with Gasteiger partial charge in [0.2, 0.25) is 0 Å². The maximum absolute atomic E-state index is 13.0. The highest BCUT2D eigenvalue weighted by molar-refractivity contribution is 6.09. The van der Waals surface area contributed by atoms with E-state index in [0.717, 1.165) is 19.3 Å². The summed E-state index contributed by atoms with van der Waals surface area (Å²) in [6, 6.07) is 12.2. The topological polar surface area (TPSA) is 39.9 Å². The summed E-state index contributed by atoms with van der Waals surface area (Å²) in [6.45, 7) is 12.8. The Balaban J connectivity index is 1.99. The van der Waals surface area contributed by atoms with E-state index in [1.807, 2.05) is 6.07 Å². The molecule has 4 heteroatoms. The lowest BCUT2D eigenvalue weighted by Crippen LogP contribution is -2.06. The molecule has 0 bridgehead atoms. The molecule has 0 heterocycles. The molecule has 0 spiro atoms. The summed E-state index contributed by atoms with van der Waals surface area (Å²) in [5.41, 5.74) is 1.66. The Hall–Kier alpha value is -2.80. The monoisotopic (exact) mass is 463 g/mol. The van der Waals surface area contributed by atoms with E-state index in [1.165, 1.54) is 57.8 Å². The quantitative estimate of drug-likeness (QED) is 0.126. The van der Waals surface area contributed by atoms with E-state index in [0.29, 0.717) is 41.5 Å². The maximum atomic E-state index is 13.0. The fourth-order valence-corrected chi connectivity index (χ4v) is 3.86. The normalized spacial score (nSPS) is 10.6. The van der Waals surface area contributed by atoms with Gasteiger partial charge in [-0.25, -0.2) is 4.85 Å². The number of nitrogens with zero attached hydrogens (tertiary/aromatic N) is 1. The van der Waals surface area contributed by atoms with Gasteiger partial charge in [-0.2, -0.15) is 0 Å². The van der Waals surface area contributed by atoms with Crippen molar-refractivity contribution in [3.8, 4) is 11.5 Å². The highest BCUT2D eigenvalue weighted by Crippen LogP contribution is 2.30. The van der Waals surface area contributed by atoms with Gasteiger partial charge in [0.15, 0.2) is 23.0 Å². The third kappa shape index (κ3) is 10.00. The molecule has 34 heavy (non-hydrogen) atoms. The fourth-order valence-electron chi connectivity index (χ4n) is 3.86. The Morgan fingerprint density at radius 3 is 1.74 bits per heavy atom. The molecule has 0 saturated heterocycles. The van der Waals surface area contributed by atoms with E-state index < -0.39 is 0 Å². The third-order valence-corrected chi connectivity index (χ3v) is 5.98. The van der Waals surface area contributed by atoms with Crippen molar-refractivity contribution in [2.75, 3.05) is 13.2 Å². The number of hydrogen-bond donors (Lipinski definition) is 0. The Labute approximate surface area is 206 Å². The SMILES string of the molecule is [C-]#[N+]c1ccc(C(=O)c2ccc(OCCCCCCCC)c(OCCCCCCCC)c2)cc1. The predicted octanol–water partition coefficient (Wildman–Crippen LogP) is 8.95. The van der Waals surface area contributed by atoms with Gasteiger partial charge in [0, 0.05) is 11.1 Å². The zero-order valence-corrected chi connectivity index (χ0v) is 21.1. The number of ether oxygens (including phenoxy) is 2. The van der Waals surface area contributed by atoms with Gasteiger partial charge >= 0.3 is 0 Å². The molecule has 0 unspecified atom stereocenters. The van der Waals surface area contributed by atoms with Crippen molar-refractivity contribution < 1.29 is 14.3 Å². The second kappa shape index (κ2) is 16.8. The zero-order chi connectivity index (χ0) is 24.4. The molecule has 0 radical (unpaired) electrons. The Bertz CT molecular complexity index is 883. The molecule has 0 saturated carbocycles. The van der Waals surface area contributed by atoms with Gasteiger partial charge in [0.05, 0.1) is 19.8 Å². The highest BCUT2D eigenvalue weighted by Gasteiger charge is 2.14. The van der Waals surface area contributed by atoms with Crippen molar-refractivity contribution in [3.05, 3.63) is 65.0 Å². The van der Waals surface area contributed by atoms with Crippen LogP contribution in [0.25, 0.3) is 4.85 Å². The van der Waals surface area contributed by atoms with Crippen LogP contribution in [0.5, 0.6) is 11.5 Å². The van der Waals surface area contributed by atoms with Crippen LogP contribution < -0.4 is 9.47 Å². The summed E-state index contributed by atoms with van der Waals surface area (Å²) in [6.07, 6.45) is 14.5. The van der Waals surface area contributed by atoms with E-state index in [4.69, 9.17) is 16.0 Å². The van der Waals surface area contributed by atoms with Crippen LogP contribution in [0, 0.1) is 6.57 Å². The van der Waals surface area contributed by atoms with Crippen LogP contribution in [0.4, 0.5) is 5.69 Å². The summed E-state index contributed by atoms with van der Waals surface area (Å²) in [5.74, 6) is 1.27. The molecule has 0 aromatic heterocycles. The maximum Gasteiger partial charge on any atom is 0.193 e. The molecule has 2 rings (SSSR count). The largest absolute Gasteiger partial charge is 0.490 e. The van der Waals surface area contributed by atoms with Crippen LogP contribution in [-0.4, -0.2) is 19.0 Å². The molecular formula is C30H41NO3. The second-order valence-corrected chi connectivity index (χ2v) is 8.88. The van der Waals surface area contributed by atoms with E-state index in [2.05, 4.69) is 18.7 Å². The van der Waals surface area contributed by atoms with Crippen molar-refractivity contribution in [1.29, 1.82) is 0 Å². The number of carbonyl (C=O) groups excluding carboxylic acids is 1. The minimum absolute atomic E-state index is 0.0802. The van der Waals surface area contributed by atoms with E-state index >= 15 is 0 Å². The van der Waals surface area contributed by atoms with Crippen LogP contribution in [0.1, 0.15) is 107 Å². The van der Waals surface area contributed by atoms with Crippen molar-refractivity contribution in [3.63, 3.8) is 0 Å². The number of benzene rings is 2. The summed E-state index contributed by atoms with van der Waals surface area (Å²) in [5, 5.41) is 0. The van der Waals surface area contributed by atoms with Crippen molar-refractivity contribution in [1.82, 2.24) is 0 Å². The molecule has 0 aliphatic carbocycles. The summed E-state index contributed by atoms with van der Waals surface area (Å²) < 4.78 is 12.2. The first-order chi connectivity index (χ1) is 16.7. The molecule has 0 N–H and O–H groups in total. The van der Waals surface area contributed by atoms with Gasteiger partial charge in [0.1, 0.15) is 0 Å². The third-order valence-electron chi connectivity index (χ3n) is 5.98. The van der Waals surface area contributed by atoms with Gasteiger partial charge in [0.25, 0.3) is 0 Å². The molecule has 2 aromatic carbocycles. The predicted molar refractivity (Wildman–Crippen MR) is 140 cm³/mol. The summed E-state index contributed by atoms with van der Waals surface area (Å²) in [4.78, 5) is 16.4. The zero-order valence-electron chi connectivity index (χ0n) is 21.1. The minimum Gasteiger partial charge on any atom is -0.490 e. The summed E-state index contributed by atoms with van der Waals surface area (Å²) in [7, 11) is 0. The van der Waals surface area contributed by atoms with Gasteiger partial charge in [-0.1, -0.05) is 102 Å². The standard InChI is InChI=1S/C30H41NO3/c1-4-6-8-10-12-14-22-33-28-21-18-26(30(32)25-16-19-27(31-3)20-17-25)24-29(28)34-23-15-13-11-9-7-5-2/h16-21,24H,4-15,22-23H2,1-2H3. The van der Waals surface area contributed by atoms with Crippen LogP contribution in [0.15, 0.2) is 42.5 Å². The van der Waals surface area contributed by atoms with Crippen LogP contribution >= 0.6 is 0 Å². The first-order valence-corrected chi connectivity index (χ1v) is 13.1. The average molecular weight is 464 g/mol. The number of unbranched alkanes of at least 4 members (excludes halogenated alkanes) is 10. The molecule has 184 valence electrons. The van der Waals surface area contributed by atoms with E-state index in [9.17, 15) is 4.79 Å². The van der Waals surface area contributed by atoms with Crippen molar-refractivity contribution in [2.45, 2.75) is 90.9 Å². The molecule has 0 aliphatic rings. The molecule has 2 aromatic rings. The highest BCUT2D eigenvalue weighted by atomic mass is 16.5. The molecular weight excluding hydrogens is 422 g/mol. The molecule has 4 nitrogen and oxygen atoms in total. The van der Waals surface area contributed by atoms with Gasteiger partial charge in [-0.05, 0) is 31.0 Å². The first-order valence-electron chi connectivity index (χ1n) is 13.1. The molecule has 0 fully saturated rings. The Morgan fingerprint density at radius 2 is 1.18 bits per heavy atom. The van der Waals surface area contributed by atoms with Gasteiger partial charge < -0.3 is 9.47 Å². The van der Waals surface area contributed by atoms with E-state index in [-0.39, 0.29) is 5.78 Å². The van der Waals surface area contributed by atoms with Gasteiger partial charge in [-0.3, -0.25) is 4.79 Å². The molecule has 0 amide bonds. The summed E-state index contributed by atoms with van der Waals surface area (Å²) >= 11 is 0. The van der Waals surface area contributed by atoms with Crippen LogP contribution in [-0.2, 0) is 0 Å². The average Bonchev–Trinajstić information content (AvgIpc) is 2.87. The lowest BCUT2D eigenvalue weighted by atomic mass is 10.0. The van der Waals surface area contributed by atoms with Crippen molar-refractivity contribution >= 4 is 11.5 Å².